The SMILES string of the molecule is Cc1ccc(Cc2cc(C(O)=CC(=O)C(=O)O)co2)cc1. The number of hydrogen-bond donors (Lipinski definition) is 2. The third-order valence-corrected chi connectivity index (χ3v) is 2.93. The Morgan fingerprint density at radius 1 is 1.19 bits per heavy atom. The Balaban J connectivity index is 2.12. The van der Waals surface area contributed by atoms with Gasteiger partial charge in [0.1, 0.15) is 17.8 Å². The summed E-state index contributed by atoms with van der Waals surface area (Å²) >= 11 is 0. The number of rotatable bonds is 5. The predicted molar refractivity (Wildman–Crippen MR) is 75.9 cm³/mol. The van der Waals surface area contributed by atoms with Gasteiger partial charge in [0.05, 0.1) is 5.56 Å². The zero-order valence-electron chi connectivity index (χ0n) is 11.4. The van der Waals surface area contributed by atoms with Crippen LogP contribution < -0.4 is 0 Å². The van der Waals surface area contributed by atoms with Gasteiger partial charge >= 0.3 is 5.97 Å². The molecule has 5 heteroatoms. The highest BCUT2D eigenvalue weighted by atomic mass is 16.4. The van der Waals surface area contributed by atoms with E-state index in [1.54, 1.807) is 6.07 Å². The number of carboxylic acids is 1. The maximum absolute atomic E-state index is 11.0. The number of carbonyl (C=O) groups excluding carboxylic acids is 1. The second kappa shape index (κ2) is 6.09. The van der Waals surface area contributed by atoms with Crippen LogP contribution in [0.1, 0.15) is 22.5 Å². The summed E-state index contributed by atoms with van der Waals surface area (Å²) in [4.78, 5) is 21.4. The molecule has 1 aromatic heterocycles. The molecule has 0 atom stereocenters. The number of aryl methyl sites for hydroxylation is 1. The molecule has 2 N–H and O–H groups in total. The number of benzene rings is 1. The molecule has 2 aromatic rings. The van der Waals surface area contributed by atoms with E-state index in [-0.39, 0.29) is 5.56 Å². The molecule has 5 nitrogen and oxygen atoms in total. The van der Waals surface area contributed by atoms with Gasteiger partial charge in [0.25, 0.3) is 5.78 Å². The van der Waals surface area contributed by atoms with Crippen molar-refractivity contribution in [2.24, 2.45) is 0 Å². The van der Waals surface area contributed by atoms with E-state index in [0.29, 0.717) is 18.3 Å². The molecule has 1 aromatic carbocycles. The topological polar surface area (TPSA) is 87.7 Å². The number of carboxylic acid groups (broad SMARTS) is 1. The van der Waals surface area contributed by atoms with Crippen molar-refractivity contribution in [1.29, 1.82) is 0 Å². The second-order valence-electron chi connectivity index (χ2n) is 4.66. The number of furan rings is 1. The molecule has 0 aliphatic carbocycles. The number of hydrogen-bond acceptors (Lipinski definition) is 4. The average molecular weight is 286 g/mol. The molecule has 0 unspecified atom stereocenters. The quantitative estimate of drug-likeness (QED) is 0.501. The first-order chi connectivity index (χ1) is 9.95. The molecule has 108 valence electrons. The molecule has 0 aliphatic heterocycles. The minimum absolute atomic E-state index is 0.270. The van der Waals surface area contributed by atoms with Gasteiger partial charge in [-0.05, 0) is 18.6 Å². The Morgan fingerprint density at radius 2 is 1.86 bits per heavy atom. The van der Waals surface area contributed by atoms with Crippen LogP contribution in [0.5, 0.6) is 0 Å². The smallest absolute Gasteiger partial charge is 0.376 e. The number of aliphatic carboxylic acids is 1. The van der Waals surface area contributed by atoms with Crippen molar-refractivity contribution < 1.29 is 24.2 Å². The van der Waals surface area contributed by atoms with Crippen LogP contribution in [0.4, 0.5) is 0 Å². The first-order valence-corrected chi connectivity index (χ1v) is 6.27. The van der Waals surface area contributed by atoms with Gasteiger partial charge < -0.3 is 14.6 Å². The molecule has 0 amide bonds. The first-order valence-electron chi connectivity index (χ1n) is 6.27. The summed E-state index contributed by atoms with van der Waals surface area (Å²) in [6, 6.07) is 9.49. The largest absolute Gasteiger partial charge is 0.507 e. The van der Waals surface area contributed by atoms with E-state index < -0.39 is 17.5 Å². The molecule has 0 fully saturated rings. The summed E-state index contributed by atoms with van der Waals surface area (Å²) in [5.41, 5.74) is 2.48. The summed E-state index contributed by atoms with van der Waals surface area (Å²) < 4.78 is 5.30. The van der Waals surface area contributed by atoms with E-state index in [1.165, 1.54) is 6.26 Å². The van der Waals surface area contributed by atoms with Crippen molar-refractivity contribution in [1.82, 2.24) is 0 Å². The second-order valence-corrected chi connectivity index (χ2v) is 4.66. The molecule has 0 radical (unpaired) electrons. The molecular formula is C16H14O5. The summed E-state index contributed by atoms with van der Waals surface area (Å²) in [6.07, 6.45) is 2.48. The fraction of sp³-hybridized carbons (Fsp3) is 0.125. The van der Waals surface area contributed by atoms with Gasteiger partial charge in [-0.1, -0.05) is 29.8 Å². The highest BCUT2D eigenvalue weighted by Gasteiger charge is 2.12. The van der Waals surface area contributed by atoms with Crippen LogP contribution in [0.3, 0.4) is 0 Å². The Bertz CT molecular complexity index is 692. The highest BCUT2D eigenvalue weighted by Crippen LogP contribution is 2.18. The van der Waals surface area contributed by atoms with Crippen LogP contribution in [0.2, 0.25) is 0 Å². The van der Waals surface area contributed by atoms with Crippen LogP contribution in [0.15, 0.2) is 47.1 Å². The van der Waals surface area contributed by atoms with E-state index in [1.807, 2.05) is 31.2 Å². The van der Waals surface area contributed by atoms with E-state index >= 15 is 0 Å². The number of carbonyl (C=O) groups is 2. The molecule has 21 heavy (non-hydrogen) atoms. The van der Waals surface area contributed by atoms with Crippen LogP contribution in [0, 0.1) is 6.92 Å². The van der Waals surface area contributed by atoms with E-state index in [2.05, 4.69) is 0 Å². The van der Waals surface area contributed by atoms with Gasteiger partial charge in [-0.3, -0.25) is 4.79 Å². The summed E-state index contributed by atoms with van der Waals surface area (Å²) in [5, 5.41) is 18.1. The van der Waals surface area contributed by atoms with Crippen molar-refractivity contribution in [2.45, 2.75) is 13.3 Å². The summed E-state index contributed by atoms with van der Waals surface area (Å²) in [7, 11) is 0. The van der Waals surface area contributed by atoms with Crippen molar-refractivity contribution in [3.8, 4) is 0 Å². The monoisotopic (exact) mass is 286 g/mol. The molecule has 0 bridgehead atoms. The lowest BCUT2D eigenvalue weighted by atomic mass is 10.1. The molecule has 0 saturated heterocycles. The normalized spacial score (nSPS) is 11.4. The highest BCUT2D eigenvalue weighted by molar-refractivity contribution is 6.38. The standard InChI is InChI=1S/C16H14O5/c1-10-2-4-11(5-3-10)6-13-7-12(9-21-13)14(17)8-15(18)16(19)20/h2-5,7-9,17H,6H2,1H3,(H,19,20). The zero-order valence-corrected chi connectivity index (χ0v) is 11.4. The Hall–Kier alpha value is -2.82. The van der Waals surface area contributed by atoms with E-state index in [0.717, 1.165) is 11.1 Å². The molecule has 0 saturated carbocycles. The summed E-state index contributed by atoms with van der Waals surface area (Å²) in [5.74, 6) is -2.63. The van der Waals surface area contributed by atoms with Crippen LogP contribution in [-0.2, 0) is 16.0 Å². The lowest BCUT2D eigenvalue weighted by molar-refractivity contribution is -0.146. The van der Waals surface area contributed by atoms with Gasteiger partial charge in [-0.2, -0.15) is 0 Å². The first kappa shape index (κ1) is 14.6. The lowest BCUT2D eigenvalue weighted by Crippen LogP contribution is -2.09. The number of aliphatic hydroxyl groups is 1. The average Bonchev–Trinajstić information content (AvgIpc) is 2.90. The van der Waals surface area contributed by atoms with Crippen molar-refractivity contribution in [3.05, 3.63) is 65.1 Å². The Kier molecular flexibility index (Phi) is 4.23. The zero-order chi connectivity index (χ0) is 15.4. The van der Waals surface area contributed by atoms with Gasteiger partial charge in [-0.15, -0.1) is 0 Å². The molecule has 0 spiro atoms. The van der Waals surface area contributed by atoms with E-state index in [9.17, 15) is 14.7 Å². The Labute approximate surface area is 121 Å². The molecule has 0 aliphatic rings. The van der Waals surface area contributed by atoms with Crippen LogP contribution in [-0.4, -0.2) is 22.0 Å². The van der Waals surface area contributed by atoms with Crippen molar-refractivity contribution in [3.63, 3.8) is 0 Å². The lowest BCUT2D eigenvalue weighted by Gasteiger charge is -1.98. The third-order valence-electron chi connectivity index (χ3n) is 2.93. The fourth-order valence-electron chi connectivity index (χ4n) is 1.78. The summed E-state index contributed by atoms with van der Waals surface area (Å²) in [6.45, 7) is 2.00. The van der Waals surface area contributed by atoms with E-state index in [4.69, 9.17) is 9.52 Å². The number of aliphatic hydroxyl groups excluding tert-OH is 1. The maximum Gasteiger partial charge on any atom is 0.376 e. The van der Waals surface area contributed by atoms with Crippen LogP contribution in [0.25, 0.3) is 5.76 Å². The van der Waals surface area contributed by atoms with Crippen LogP contribution >= 0.6 is 0 Å². The molecular weight excluding hydrogens is 272 g/mol. The Morgan fingerprint density at radius 3 is 2.48 bits per heavy atom. The third kappa shape index (κ3) is 3.82. The predicted octanol–water partition coefficient (Wildman–Crippen LogP) is 2.73. The maximum atomic E-state index is 11.0. The van der Waals surface area contributed by atoms with Gasteiger partial charge in [0, 0.05) is 12.5 Å². The minimum Gasteiger partial charge on any atom is -0.507 e. The minimum atomic E-state index is -1.62. The fourth-order valence-corrected chi connectivity index (χ4v) is 1.78. The van der Waals surface area contributed by atoms with Crippen molar-refractivity contribution >= 4 is 17.5 Å². The number of ketones is 1. The molecule has 1 heterocycles. The van der Waals surface area contributed by atoms with Gasteiger partial charge in [-0.25, -0.2) is 4.79 Å². The van der Waals surface area contributed by atoms with Gasteiger partial charge in [0.15, 0.2) is 0 Å². The molecule has 2 rings (SSSR count). The van der Waals surface area contributed by atoms with Gasteiger partial charge in [0.2, 0.25) is 0 Å². The van der Waals surface area contributed by atoms with Crippen molar-refractivity contribution in [2.75, 3.05) is 0 Å².